The highest BCUT2D eigenvalue weighted by Crippen LogP contribution is 2.28. The number of methoxy groups -OCH3 is 1. The molecule has 0 aliphatic rings. The van der Waals surface area contributed by atoms with Crippen molar-refractivity contribution in [3.63, 3.8) is 0 Å². The number of Topliss-reactive ketones (excluding diaryl/α,β-unsaturated/α-hetero) is 1. The average Bonchev–Trinajstić information content (AvgIpc) is 3.02. The summed E-state index contributed by atoms with van der Waals surface area (Å²) in [5, 5.41) is 0. The predicted octanol–water partition coefficient (Wildman–Crippen LogP) is 4.47. The minimum absolute atomic E-state index is 0.119. The number of nitrogens with zero attached hydrogens (tertiary/aromatic N) is 2. The van der Waals surface area contributed by atoms with Crippen LogP contribution in [0.25, 0.3) is 11.0 Å². The summed E-state index contributed by atoms with van der Waals surface area (Å²) in [6, 6.07) is 6.98. The molecule has 3 rings (SSSR count). The fourth-order valence-corrected chi connectivity index (χ4v) is 3.05. The van der Waals surface area contributed by atoms with Crippen molar-refractivity contribution in [1.29, 1.82) is 0 Å². The fourth-order valence-electron chi connectivity index (χ4n) is 3.05. The molecule has 0 spiro atoms. The van der Waals surface area contributed by atoms with Crippen molar-refractivity contribution >= 4 is 16.8 Å². The van der Waals surface area contributed by atoms with E-state index in [1.54, 1.807) is 42.1 Å². The van der Waals surface area contributed by atoms with Crippen LogP contribution in [-0.2, 0) is 6.54 Å². The number of ether oxygens (including phenoxy) is 1. The molecule has 0 saturated carbocycles. The lowest BCUT2D eigenvalue weighted by atomic mass is 10.1. The quantitative estimate of drug-likeness (QED) is 0.585. The van der Waals surface area contributed by atoms with Crippen molar-refractivity contribution in [2.24, 2.45) is 0 Å². The number of alkyl halides is 1. The van der Waals surface area contributed by atoms with E-state index in [9.17, 15) is 13.6 Å². The number of rotatable bonds is 7. The standard InChI is InChI=1S/C20H20F2N2O2/c1-13-7-8-18(26-2)15(19(13)22)12-24-11-14(17(25)6-3-9-21)20-16(24)5-4-10-23-20/h4-5,7-8,10-11H,3,6,9,12H2,1-2H3. The number of aryl methyl sites for hydroxylation is 1. The molecule has 0 bridgehead atoms. The number of ketones is 1. The second kappa shape index (κ2) is 7.64. The molecule has 3 aromatic rings. The van der Waals surface area contributed by atoms with Gasteiger partial charge in [-0.1, -0.05) is 6.07 Å². The van der Waals surface area contributed by atoms with Gasteiger partial charge in [0.05, 0.1) is 36.9 Å². The number of carbonyl (C=O) groups is 1. The molecule has 6 heteroatoms. The van der Waals surface area contributed by atoms with Crippen LogP contribution in [0.5, 0.6) is 5.75 Å². The van der Waals surface area contributed by atoms with Gasteiger partial charge < -0.3 is 9.30 Å². The molecule has 0 aliphatic heterocycles. The Bertz CT molecular complexity index is 950. The molecule has 4 nitrogen and oxygen atoms in total. The van der Waals surface area contributed by atoms with E-state index in [0.29, 0.717) is 28.0 Å². The second-order valence-corrected chi connectivity index (χ2v) is 6.13. The van der Waals surface area contributed by atoms with Crippen LogP contribution in [0.2, 0.25) is 0 Å². The number of halogens is 2. The maximum atomic E-state index is 14.6. The summed E-state index contributed by atoms with van der Waals surface area (Å²) in [5.74, 6) is -0.0497. The molecule has 0 saturated heterocycles. The molecule has 26 heavy (non-hydrogen) atoms. The molecule has 136 valence electrons. The Balaban J connectivity index is 2.07. The number of pyridine rings is 1. The minimum Gasteiger partial charge on any atom is -0.496 e. The largest absolute Gasteiger partial charge is 0.496 e. The fraction of sp³-hybridized carbons (Fsp3) is 0.300. The van der Waals surface area contributed by atoms with Crippen LogP contribution in [0.1, 0.15) is 34.3 Å². The van der Waals surface area contributed by atoms with E-state index >= 15 is 0 Å². The molecule has 0 radical (unpaired) electrons. The van der Waals surface area contributed by atoms with Crippen molar-refractivity contribution in [1.82, 2.24) is 9.55 Å². The van der Waals surface area contributed by atoms with Crippen molar-refractivity contribution in [3.8, 4) is 5.75 Å². The first-order valence-corrected chi connectivity index (χ1v) is 8.41. The second-order valence-electron chi connectivity index (χ2n) is 6.13. The summed E-state index contributed by atoms with van der Waals surface area (Å²) in [6.45, 7) is 1.36. The zero-order valence-corrected chi connectivity index (χ0v) is 14.8. The third kappa shape index (κ3) is 3.31. The summed E-state index contributed by atoms with van der Waals surface area (Å²) in [5.41, 5.74) is 2.63. The summed E-state index contributed by atoms with van der Waals surface area (Å²) in [4.78, 5) is 16.7. The van der Waals surface area contributed by atoms with E-state index in [1.165, 1.54) is 7.11 Å². The summed E-state index contributed by atoms with van der Waals surface area (Å²) < 4.78 is 34.1. The van der Waals surface area contributed by atoms with Crippen LogP contribution in [0.15, 0.2) is 36.7 Å². The third-order valence-corrected chi connectivity index (χ3v) is 4.42. The van der Waals surface area contributed by atoms with Crippen LogP contribution in [-0.4, -0.2) is 29.1 Å². The van der Waals surface area contributed by atoms with Gasteiger partial charge in [0.15, 0.2) is 5.78 Å². The predicted molar refractivity (Wildman–Crippen MR) is 96.1 cm³/mol. The Morgan fingerprint density at radius 2 is 2.12 bits per heavy atom. The molecular formula is C20H20F2N2O2. The zero-order chi connectivity index (χ0) is 18.7. The Labute approximate surface area is 150 Å². The van der Waals surface area contributed by atoms with Gasteiger partial charge in [0.25, 0.3) is 0 Å². The van der Waals surface area contributed by atoms with Crippen LogP contribution in [0.3, 0.4) is 0 Å². The summed E-state index contributed by atoms with van der Waals surface area (Å²) in [6.07, 6.45) is 3.57. The van der Waals surface area contributed by atoms with Crippen molar-refractivity contribution in [2.75, 3.05) is 13.8 Å². The van der Waals surface area contributed by atoms with Gasteiger partial charge in [-0.3, -0.25) is 14.2 Å². The molecular weight excluding hydrogens is 338 g/mol. The molecule has 2 aromatic heterocycles. The van der Waals surface area contributed by atoms with Crippen molar-refractivity contribution in [2.45, 2.75) is 26.3 Å². The van der Waals surface area contributed by atoms with Crippen molar-refractivity contribution < 1.29 is 18.3 Å². The lowest BCUT2D eigenvalue weighted by Crippen LogP contribution is -2.05. The molecule has 0 atom stereocenters. The normalized spacial score (nSPS) is 11.1. The highest BCUT2D eigenvalue weighted by molar-refractivity contribution is 6.06. The van der Waals surface area contributed by atoms with E-state index in [1.807, 2.05) is 6.07 Å². The van der Waals surface area contributed by atoms with Gasteiger partial charge >= 0.3 is 0 Å². The summed E-state index contributed by atoms with van der Waals surface area (Å²) in [7, 11) is 1.49. The Kier molecular flexibility index (Phi) is 5.30. The molecule has 0 aliphatic carbocycles. The van der Waals surface area contributed by atoms with Crippen molar-refractivity contribution in [3.05, 3.63) is 59.2 Å². The lowest BCUT2D eigenvalue weighted by Gasteiger charge is -2.13. The minimum atomic E-state index is -0.538. The average molecular weight is 358 g/mol. The highest BCUT2D eigenvalue weighted by atomic mass is 19.1. The van der Waals surface area contributed by atoms with E-state index in [4.69, 9.17) is 4.74 Å². The highest BCUT2D eigenvalue weighted by Gasteiger charge is 2.19. The van der Waals surface area contributed by atoms with Gasteiger partial charge in [0.1, 0.15) is 11.6 Å². The van der Waals surface area contributed by atoms with Gasteiger partial charge in [0, 0.05) is 24.4 Å². The Morgan fingerprint density at radius 1 is 1.31 bits per heavy atom. The van der Waals surface area contributed by atoms with Gasteiger partial charge in [-0.2, -0.15) is 0 Å². The first-order chi connectivity index (χ1) is 12.6. The van der Waals surface area contributed by atoms with Gasteiger partial charge in [-0.25, -0.2) is 4.39 Å². The molecule has 0 N–H and O–H groups in total. The van der Waals surface area contributed by atoms with Crippen LogP contribution >= 0.6 is 0 Å². The number of aromatic nitrogens is 2. The monoisotopic (exact) mass is 358 g/mol. The third-order valence-electron chi connectivity index (χ3n) is 4.42. The SMILES string of the molecule is COc1ccc(C)c(F)c1Cn1cc(C(=O)CCCF)c2ncccc21. The number of benzene rings is 1. The Hall–Kier alpha value is -2.76. The topological polar surface area (TPSA) is 44.1 Å². The summed E-state index contributed by atoms with van der Waals surface area (Å²) >= 11 is 0. The van der Waals surface area contributed by atoms with Crippen LogP contribution in [0.4, 0.5) is 8.78 Å². The Morgan fingerprint density at radius 3 is 2.85 bits per heavy atom. The van der Waals surface area contributed by atoms with Gasteiger partial charge in [-0.05, 0) is 37.1 Å². The maximum absolute atomic E-state index is 14.6. The lowest BCUT2D eigenvalue weighted by molar-refractivity contribution is 0.0978. The van der Waals surface area contributed by atoms with E-state index in [0.717, 1.165) is 5.52 Å². The molecule has 0 fully saturated rings. The molecule has 2 heterocycles. The first kappa shape index (κ1) is 18.0. The van der Waals surface area contributed by atoms with E-state index in [2.05, 4.69) is 4.98 Å². The van der Waals surface area contributed by atoms with Crippen LogP contribution in [0, 0.1) is 12.7 Å². The molecule has 0 unspecified atom stereocenters. The first-order valence-electron chi connectivity index (χ1n) is 8.41. The smallest absolute Gasteiger partial charge is 0.166 e. The maximum Gasteiger partial charge on any atom is 0.166 e. The number of hydrogen-bond donors (Lipinski definition) is 0. The molecule has 0 amide bonds. The number of hydrogen-bond acceptors (Lipinski definition) is 3. The van der Waals surface area contributed by atoms with E-state index in [-0.39, 0.29) is 31.0 Å². The van der Waals surface area contributed by atoms with E-state index < -0.39 is 6.67 Å². The number of fused-ring (bicyclic) bond motifs is 1. The van der Waals surface area contributed by atoms with Gasteiger partial charge in [0.2, 0.25) is 0 Å². The zero-order valence-electron chi connectivity index (χ0n) is 14.8. The molecule has 1 aromatic carbocycles. The number of carbonyl (C=O) groups excluding carboxylic acids is 1. The van der Waals surface area contributed by atoms with Crippen LogP contribution < -0.4 is 4.74 Å². The van der Waals surface area contributed by atoms with Gasteiger partial charge in [-0.15, -0.1) is 0 Å².